The van der Waals surface area contributed by atoms with E-state index in [1.54, 1.807) is 0 Å². The Hall–Kier alpha value is -1.66. The van der Waals surface area contributed by atoms with Crippen LogP contribution in [0.1, 0.15) is 71.1 Å². The molecule has 0 aliphatic heterocycles. The van der Waals surface area contributed by atoms with E-state index in [-0.39, 0.29) is 6.61 Å². The van der Waals surface area contributed by atoms with Crippen molar-refractivity contribution in [3.8, 4) is 23.3 Å². The maximum Gasteiger partial charge on any atom is 0.119 e. The second-order valence-corrected chi connectivity index (χ2v) is 6.26. The Labute approximate surface area is 153 Å². The van der Waals surface area contributed by atoms with E-state index in [4.69, 9.17) is 14.6 Å². The van der Waals surface area contributed by atoms with Crippen LogP contribution in [0.15, 0.2) is 24.3 Å². The lowest BCUT2D eigenvalue weighted by atomic mass is 10.1. The molecule has 1 N–H and O–H groups in total. The predicted molar refractivity (Wildman–Crippen MR) is 104 cm³/mol. The van der Waals surface area contributed by atoms with Gasteiger partial charge in [-0.15, -0.1) is 5.92 Å². The number of unbranched alkanes of at least 4 members (excludes halogenated alkanes) is 8. The summed E-state index contributed by atoms with van der Waals surface area (Å²) in [6.45, 7) is 3.62. The molecule has 1 rings (SSSR count). The fourth-order valence-electron chi connectivity index (χ4n) is 2.55. The summed E-state index contributed by atoms with van der Waals surface area (Å²) in [4.78, 5) is 0. The van der Waals surface area contributed by atoms with E-state index in [2.05, 4.69) is 18.8 Å². The van der Waals surface area contributed by atoms with Crippen molar-refractivity contribution in [3.05, 3.63) is 24.3 Å². The highest BCUT2D eigenvalue weighted by Gasteiger charge is 1.97. The van der Waals surface area contributed by atoms with Crippen molar-refractivity contribution >= 4 is 0 Å². The average Bonchev–Trinajstić information content (AvgIpc) is 2.64. The summed E-state index contributed by atoms with van der Waals surface area (Å²) in [7, 11) is 0. The van der Waals surface area contributed by atoms with Crippen molar-refractivity contribution in [2.45, 2.75) is 71.1 Å². The molecule has 0 saturated carbocycles. The van der Waals surface area contributed by atoms with Crippen LogP contribution < -0.4 is 9.47 Å². The van der Waals surface area contributed by atoms with Gasteiger partial charge in [0.2, 0.25) is 0 Å². The third-order valence-electron chi connectivity index (χ3n) is 4.01. The van der Waals surface area contributed by atoms with Crippen LogP contribution in [0, 0.1) is 11.8 Å². The summed E-state index contributed by atoms with van der Waals surface area (Å²) in [6.07, 6.45) is 12.1. The Morgan fingerprint density at radius 2 is 1.24 bits per heavy atom. The molecule has 0 unspecified atom stereocenters. The number of aliphatic hydroxyl groups excluding tert-OH is 1. The molecule has 1 aromatic carbocycles. The first-order valence-electron chi connectivity index (χ1n) is 9.79. The van der Waals surface area contributed by atoms with Crippen LogP contribution in [0.25, 0.3) is 0 Å². The van der Waals surface area contributed by atoms with Crippen LogP contribution >= 0.6 is 0 Å². The molecule has 0 radical (unpaired) electrons. The van der Waals surface area contributed by atoms with E-state index in [0.29, 0.717) is 6.61 Å². The Balaban J connectivity index is 2.02. The van der Waals surface area contributed by atoms with Crippen LogP contribution in [0.5, 0.6) is 11.5 Å². The molecule has 0 bridgehead atoms. The number of hydrogen-bond acceptors (Lipinski definition) is 3. The first-order chi connectivity index (χ1) is 12.4. The average molecular weight is 347 g/mol. The summed E-state index contributed by atoms with van der Waals surface area (Å²) < 4.78 is 11.4. The second kappa shape index (κ2) is 15.8. The van der Waals surface area contributed by atoms with E-state index in [9.17, 15) is 0 Å². The molecule has 1 aromatic rings. The van der Waals surface area contributed by atoms with Gasteiger partial charge in [0.1, 0.15) is 18.1 Å². The number of ether oxygens (including phenoxy) is 2. The van der Waals surface area contributed by atoms with Gasteiger partial charge in [-0.05, 0) is 37.1 Å². The molecule has 0 atom stereocenters. The van der Waals surface area contributed by atoms with Crippen molar-refractivity contribution in [1.82, 2.24) is 0 Å². The van der Waals surface area contributed by atoms with Crippen molar-refractivity contribution < 1.29 is 14.6 Å². The Morgan fingerprint density at radius 3 is 1.80 bits per heavy atom. The number of rotatable bonds is 14. The van der Waals surface area contributed by atoms with Gasteiger partial charge in [0.25, 0.3) is 0 Å². The number of hydrogen-bond donors (Lipinski definition) is 1. The summed E-state index contributed by atoms with van der Waals surface area (Å²) in [5.41, 5.74) is 0. The van der Waals surface area contributed by atoms with Crippen molar-refractivity contribution in [2.24, 2.45) is 0 Å². The molecule has 0 spiro atoms. The van der Waals surface area contributed by atoms with Gasteiger partial charge in [-0.3, -0.25) is 0 Å². The number of aliphatic hydroxyl groups is 1. The lowest BCUT2D eigenvalue weighted by molar-refractivity contribution is 0.299. The molecule has 0 aliphatic carbocycles. The largest absolute Gasteiger partial charge is 0.494 e. The minimum Gasteiger partial charge on any atom is -0.494 e. The quantitative estimate of drug-likeness (QED) is 0.364. The highest BCUT2D eigenvalue weighted by Crippen LogP contribution is 2.18. The van der Waals surface area contributed by atoms with Gasteiger partial charge >= 0.3 is 0 Å². The molecular weight excluding hydrogens is 312 g/mol. The monoisotopic (exact) mass is 346 g/mol. The number of benzene rings is 1. The first-order valence-corrected chi connectivity index (χ1v) is 9.79. The van der Waals surface area contributed by atoms with E-state index < -0.39 is 0 Å². The van der Waals surface area contributed by atoms with Crippen LogP contribution in [0.3, 0.4) is 0 Å². The van der Waals surface area contributed by atoms with Crippen molar-refractivity contribution in [3.63, 3.8) is 0 Å². The molecular formula is C22H34O3. The SMILES string of the molecule is CCCCCCCCCCOc1ccc(OCCCC#CCO)cc1. The molecule has 3 heteroatoms. The van der Waals surface area contributed by atoms with E-state index >= 15 is 0 Å². The summed E-state index contributed by atoms with van der Waals surface area (Å²) in [6, 6.07) is 7.82. The van der Waals surface area contributed by atoms with Crippen LogP contribution in [-0.2, 0) is 0 Å². The lowest BCUT2D eigenvalue weighted by Crippen LogP contribution is -1.99. The summed E-state index contributed by atoms with van der Waals surface area (Å²) >= 11 is 0. The minimum atomic E-state index is -0.0682. The molecule has 0 fully saturated rings. The predicted octanol–water partition coefficient (Wildman–Crippen LogP) is 5.36. The van der Waals surface area contributed by atoms with Crippen LogP contribution in [-0.4, -0.2) is 24.9 Å². The topological polar surface area (TPSA) is 38.7 Å². The Morgan fingerprint density at radius 1 is 0.720 bits per heavy atom. The smallest absolute Gasteiger partial charge is 0.119 e. The molecule has 0 saturated heterocycles. The van der Waals surface area contributed by atoms with Gasteiger partial charge in [-0.25, -0.2) is 0 Å². The Bertz CT molecular complexity index is 470. The fraction of sp³-hybridized carbons (Fsp3) is 0.636. The second-order valence-electron chi connectivity index (χ2n) is 6.26. The van der Waals surface area contributed by atoms with E-state index in [1.807, 2.05) is 24.3 Å². The van der Waals surface area contributed by atoms with Crippen molar-refractivity contribution in [2.75, 3.05) is 19.8 Å². The fourth-order valence-corrected chi connectivity index (χ4v) is 2.55. The maximum atomic E-state index is 8.55. The summed E-state index contributed by atoms with van der Waals surface area (Å²) in [5, 5.41) is 8.55. The zero-order valence-electron chi connectivity index (χ0n) is 15.8. The maximum absolute atomic E-state index is 8.55. The molecule has 0 amide bonds. The molecule has 3 nitrogen and oxygen atoms in total. The zero-order chi connectivity index (χ0) is 18.0. The van der Waals surface area contributed by atoms with Gasteiger partial charge in [0.05, 0.1) is 13.2 Å². The van der Waals surface area contributed by atoms with Gasteiger partial charge in [0, 0.05) is 6.42 Å². The highest BCUT2D eigenvalue weighted by molar-refractivity contribution is 5.31. The van der Waals surface area contributed by atoms with E-state index in [0.717, 1.165) is 37.4 Å². The molecule has 0 aliphatic rings. The Kier molecular flexibility index (Phi) is 13.6. The minimum absolute atomic E-state index is 0.0682. The van der Waals surface area contributed by atoms with Gasteiger partial charge in [-0.1, -0.05) is 57.8 Å². The van der Waals surface area contributed by atoms with E-state index in [1.165, 1.54) is 44.9 Å². The van der Waals surface area contributed by atoms with Gasteiger partial charge in [-0.2, -0.15) is 0 Å². The lowest BCUT2D eigenvalue weighted by Gasteiger charge is -2.08. The summed E-state index contributed by atoms with van der Waals surface area (Å²) in [5.74, 6) is 7.27. The third-order valence-corrected chi connectivity index (χ3v) is 4.01. The highest BCUT2D eigenvalue weighted by atomic mass is 16.5. The first kappa shape index (κ1) is 21.4. The molecule has 25 heavy (non-hydrogen) atoms. The van der Waals surface area contributed by atoms with Gasteiger partial charge < -0.3 is 14.6 Å². The third kappa shape index (κ3) is 12.4. The molecule has 140 valence electrons. The zero-order valence-corrected chi connectivity index (χ0v) is 15.8. The molecule has 0 aromatic heterocycles. The van der Waals surface area contributed by atoms with Crippen LogP contribution in [0.2, 0.25) is 0 Å². The van der Waals surface area contributed by atoms with Crippen LogP contribution in [0.4, 0.5) is 0 Å². The van der Waals surface area contributed by atoms with Gasteiger partial charge in [0.15, 0.2) is 0 Å². The molecule has 0 heterocycles. The normalized spacial score (nSPS) is 10.2. The standard InChI is InChI=1S/C22H34O3/c1-2-3-4-5-6-7-9-12-19-24-21-14-16-22(17-15-21)25-20-13-10-8-11-18-23/h14-17,23H,2-7,9-10,12-13,18-20H2,1H3. The van der Waals surface area contributed by atoms with Crippen molar-refractivity contribution in [1.29, 1.82) is 0 Å².